The van der Waals surface area contributed by atoms with E-state index in [1.54, 1.807) is 31.3 Å². The Kier molecular flexibility index (Phi) is 4.49. The van der Waals surface area contributed by atoms with Crippen molar-refractivity contribution in [3.63, 3.8) is 0 Å². The summed E-state index contributed by atoms with van der Waals surface area (Å²) in [4.78, 5) is 24.6. The van der Waals surface area contributed by atoms with E-state index in [2.05, 4.69) is 4.72 Å². The summed E-state index contributed by atoms with van der Waals surface area (Å²) in [6.07, 6.45) is 1.28. The van der Waals surface area contributed by atoms with Crippen LogP contribution in [0.5, 0.6) is 0 Å². The summed E-state index contributed by atoms with van der Waals surface area (Å²) in [5.74, 6) is -0.543. The normalized spacial score (nSPS) is 13.6. The maximum Gasteiger partial charge on any atom is 0.258 e. The highest BCUT2D eigenvalue weighted by Crippen LogP contribution is 2.39. The van der Waals surface area contributed by atoms with Crippen molar-refractivity contribution in [3.05, 3.63) is 35.9 Å². The Hall–Kier alpha value is -2.45. The van der Waals surface area contributed by atoms with Crippen molar-refractivity contribution in [2.45, 2.75) is 24.2 Å². The summed E-state index contributed by atoms with van der Waals surface area (Å²) in [5, 5.41) is 1.18. The zero-order valence-electron chi connectivity index (χ0n) is 13.8. The van der Waals surface area contributed by atoms with E-state index in [4.69, 9.17) is 5.73 Å². The Balaban J connectivity index is 1.90. The summed E-state index contributed by atoms with van der Waals surface area (Å²) in [5.41, 5.74) is 6.27. The number of amides is 2. The lowest BCUT2D eigenvalue weighted by Crippen LogP contribution is -2.25. The van der Waals surface area contributed by atoms with Crippen LogP contribution in [0.2, 0.25) is 0 Å². The van der Waals surface area contributed by atoms with Crippen molar-refractivity contribution in [1.29, 1.82) is 0 Å². The number of sulfonamides is 1. The van der Waals surface area contributed by atoms with Crippen LogP contribution >= 0.6 is 0 Å². The van der Waals surface area contributed by atoms with Gasteiger partial charge in [-0.05, 0) is 31.0 Å². The zero-order valence-corrected chi connectivity index (χ0v) is 14.6. The number of anilines is 1. The molecule has 0 atom stereocenters. The van der Waals surface area contributed by atoms with Crippen LogP contribution in [0.4, 0.5) is 5.69 Å². The first kappa shape index (κ1) is 17.4. The van der Waals surface area contributed by atoms with Crippen LogP contribution in [-0.4, -0.2) is 33.8 Å². The molecule has 3 rings (SSSR count). The number of rotatable bonds is 7. The smallest absolute Gasteiger partial charge is 0.258 e. The number of carbonyl (C=O) groups is 2. The van der Waals surface area contributed by atoms with Gasteiger partial charge in [-0.3, -0.25) is 9.59 Å². The number of nitrogens with one attached hydrogen (secondary N) is 1. The standard InChI is InChI=1S/C17H19N3O4S/c1-20-13-8-9-14(11-5-4-6-12(16(11)13)17(20)22)25(23,24)19-10-3-2-7-15(18)21/h4-6,8-9,19H,2-3,7,10H2,1H3,(H2,18,21). The Bertz CT molecular complexity index is 969. The van der Waals surface area contributed by atoms with Crippen molar-refractivity contribution >= 4 is 38.3 Å². The molecule has 7 nitrogen and oxygen atoms in total. The molecule has 132 valence electrons. The molecule has 0 unspecified atom stereocenters. The fourth-order valence-electron chi connectivity index (χ4n) is 3.05. The van der Waals surface area contributed by atoms with Crippen LogP contribution in [-0.2, 0) is 14.8 Å². The molecule has 0 saturated heterocycles. The Morgan fingerprint density at radius 1 is 1.20 bits per heavy atom. The number of unbranched alkanes of at least 4 members (excludes halogenated alkanes) is 1. The lowest BCUT2D eigenvalue weighted by molar-refractivity contribution is -0.118. The van der Waals surface area contributed by atoms with Gasteiger partial charge in [-0.2, -0.15) is 0 Å². The molecular formula is C17H19N3O4S. The number of carbonyl (C=O) groups excluding carboxylic acids is 2. The van der Waals surface area contributed by atoms with Crippen molar-refractivity contribution in [1.82, 2.24) is 4.72 Å². The molecule has 25 heavy (non-hydrogen) atoms. The molecule has 8 heteroatoms. The summed E-state index contributed by atoms with van der Waals surface area (Å²) in [6.45, 7) is 0.220. The van der Waals surface area contributed by atoms with E-state index in [9.17, 15) is 18.0 Å². The lowest BCUT2D eigenvalue weighted by atomic mass is 10.1. The van der Waals surface area contributed by atoms with Crippen LogP contribution in [0.1, 0.15) is 29.6 Å². The summed E-state index contributed by atoms with van der Waals surface area (Å²) in [6, 6.07) is 8.26. The highest BCUT2D eigenvalue weighted by molar-refractivity contribution is 7.89. The van der Waals surface area contributed by atoms with Gasteiger partial charge in [-0.25, -0.2) is 13.1 Å². The van der Waals surface area contributed by atoms with Gasteiger partial charge in [0.1, 0.15) is 0 Å². The van der Waals surface area contributed by atoms with Crippen molar-refractivity contribution in [2.24, 2.45) is 5.73 Å². The molecule has 0 aliphatic carbocycles. The molecule has 0 aromatic heterocycles. The first-order valence-electron chi connectivity index (χ1n) is 7.94. The minimum Gasteiger partial charge on any atom is -0.370 e. The third kappa shape index (κ3) is 3.10. The van der Waals surface area contributed by atoms with E-state index in [0.717, 1.165) is 0 Å². The summed E-state index contributed by atoms with van der Waals surface area (Å²) in [7, 11) is -2.06. The van der Waals surface area contributed by atoms with Gasteiger partial charge in [0.05, 0.1) is 10.6 Å². The van der Waals surface area contributed by atoms with Gasteiger partial charge in [0.15, 0.2) is 0 Å². The summed E-state index contributed by atoms with van der Waals surface area (Å²) >= 11 is 0. The van der Waals surface area contributed by atoms with Crippen molar-refractivity contribution < 1.29 is 18.0 Å². The Morgan fingerprint density at radius 2 is 1.96 bits per heavy atom. The van der Waals surface area contributed by atoms with E-state index in [-0.39, 0.29) is 23.8 Å². The molecule has 1 aliphatic heterocycles. The molecule has 1 aliphatic rings. The van der Waals surface area contributed by atoms with Crippen LogP contribution in [0.25, 0.3) is 10.8 Å². The van der Waals surface area contributed by atoms with E-state index < -0.39 is 15.9 Å². The van der Waals surface area contributed by atoms with Crippen LogP contribution < -0.4 is 15.4 Å². The number of hydrogen-bond donors (Lipinski definition) is 2. The Morgan fingerprint density at radius 3 is 2.68 bits per heavy atom. The van der Waals surface area contributed by atoms with Crippen LogP contribution in [0.15, 0.2) is 35.2 Å². The molecule has 3 N–H and O–H groups in total. The highest BCUT2D eigenvalue weighted by Gasteiger charge is 2.29. The average molecular weight is 361 g/mol. The topological polar surface area (TPSA) is 110 Å². The second kappa shape index (κ2) is 6.45. The molecule has 0 saturated carbocycles. The maximum absolute atomic E-state index is 12.6. The first-order valence-corrected chi connectivity index (χ1v) is 9.43. The third-order valence-electron chi connectivity index (χ3n) is 4.31. The lowest BCUT2D eigenvalue weighted by Gasteiger charge is -2.12. The number of nitrogens with zero attached hydrogens (tertiary/aromatic N) is 1. The van der Waals surface area contributed by atoms with Gasteiger partial charge in [-0.15, -0.1) is 0 Å². The zero-order chi connectivity index (χ0) is 18.2. The van der Waals surface area contributed by atoms with Gasteiger partial charge in [0.25, 0.3) is 5.91 Å². The van der Waals surface area contributed by atoms with Gasteiger partial charge in [0, 0.05) is 36.3 Å². The van der Waals surface area contributed by atoms with Crippen LogP contribution in [0, 0.1) is 0 Å². The number of benzene rings is 2. The molecule has 0 radical (unpaired) electrons. The van der Waals surface area contributed by atoms with Gasteiger partial charge in [-0.1, -0.05) is 12.1 Å². The fourth-order valence-corrected chi connectivity index (χ4v) is 4.33. The largest absolute Gasteiger partial charge is 0.370 e. The molecule has 0 bridgehead atoms. The number of nitrogens with two attached hydrogens (primary N) is 1. The molecule has 0 fully saturated rings. The van der Waals surface area contributed by atoms with Gasteiger partial charge < -0.3 is 10.6 Å². The Labute approximate surface area is 145 Å². The van der Waals surface area contributed by atoms with E-state index in [1.807, 2.05) is 0 Å². The third-order valence-corrected chi connectivity index (χ3v) is 5.83. The second-order valence-corrected chi connectivity index (χ2v) is 7.73. The van der Waals surface area contributed by atoms with Gasteiger partial charge in [0.2, 0.25) is 15.9 Å². The van der Waals surface area contributed by atoms with Gasteiger partial charge >= 0.3 is 0 Å². The fraction of sp³-hybridized carbons (Fsp3) is 0.294. The highest BCUT2D eigenvalue weighted by atomic mass is 32.2. The number of hydrogen-bond acceptors (Lipinski definition) is 4. The van der Waals surface area contributed by atoms with Crippen LogP contribution in [0.3, 0.4) is 0 Å². The molecule has 0 spiro atoms. The summed E-state index contributed by atoms with van der Waals surface area (Å²) < 4.78 is 27.8. The molecular weight excluding hydrogens is 342 g/mol. The first-order chi connectivity index (χ1) is 11.8. The SMILES string of the molecule is CN1C(=O)c2cccc3c(S(=O)(=O)NCCCCC(N)=O)ccc1c23. The van der Waals surface area contributed by atoms with E-state index in [1.165, 1.54) is 11.0 Å². The van der Waals surface area contributed by atoms with E-state index in [0.29, 0.717) is 34.9 Å². The van der Waals surface area contributed by atoms with Crippen molar-refractivity contribution in [3.8, 4) is 0 Å². The number of primary amides is 1. The predicted molar refractivity (Wildman–Crippen MR) is 94.9 cm³/mol. The second-order valence-electron chi connectivity index (χ2n) is 6.00. The minimum absolute atomic E-state index is 0.144. The van der Waals surface area contributed by atoms with Crippen molar-refractivity contribution in [2.75, 3.05) is 18.5 Å². The average Bonchev–Trinajstić information content (AvgIpc) is 2.81. The predicted octanol–water partition coefficient (Wildman–Crippen LogP) is 1.36. The monoisotopic (exact) mass is 361 g/mol. The van der Waals surface area contributed by atoms with E-state index >= 15 is 0 Å². The maximum atomic E-state index is 12.6. The molecule has 2 aromatic carbocycles. The minimum atomic E-state index is -3.72. The molecule has 2 amide bonds. The molecule has 2 aromatic rings. The quantitative estimate of drug-likeness (QED) is 0.726. The molecule has 1 heterocycles.